The summed E-state index contributed by atoms with van der Waals surface area (Å²) in [6.07, 6.45) is 1.39. The van der Waals surface area contributed by atoms with Gasteiger partial charge in [-0.2, -0.15) is 0 Å². The van der Waals surface area contributed by atoms with E-state index in [0.29, 0.717) is 12.0 Å². The van der Waals surface area contributed by atoms with Crippen molar-refractivity contribution >= 4 is 11.9 Å². The van der Waals surface area contributed by atoms with E-state index in [1.54, 1.807) is 24.3 Å². The maximum atomic E-state index is 11.9. The Labute approximate surface area is 113 Å². The van der Waals surface area contributed by atoms with Crippen molar-refractivity contribution in [3.8, 4) is 0 Å². The molecular formula is C14H20N2O3. The Morgan fingerprint density at radius 3 is 2.47 bits per heavy atom. The van der Waals surface area contributed by atoms with Gasteiger partial charge in [-0.15, -0.1) is 0 Å². The number of hydrogen-bond acceptors (Lipinski definition) is 4. The summed E-state index contributed by atoms with van der Waals surface area (Å²) < 4.78 is 4.71. The van der Waals surface area contributed by atoms with E-state index in [9.17, 15) is 9.59 Å². The summed E-state index contributed by atoms with van der Waals surface area (Å²) in [5.74, 6) is -0.857. The molecule has 0 aromatic heterocycles. The number of benzene rings is 1. The van der Waals surface area contributed by atoms with Gasteiger partial charge in [0.1, 0.15) is 0 Å². The molecule has 19 heavy (non-hydrogen) atoms. The molecule has 0 spiro atoms. The SMILES string of the molecule is CCC[C@H](N)C(=O)NC(C(=O)OC)c1ccccc1. The number of nitrogens with one attached hydrogen (secondary N) is 1. The summed E-state index contributed by atoms with van der Waals surface area (Å²) in [5, 5.41) is 2.63. The molecule has 0 radical (unpaired) electrons. The summed E-state index contributed by atoms with van der Waals surface area (Å²) in [6, 6.07) is 7.51. The van der Waals surface area contributed by atoms with Gasteiger partial charge >= 0.3 is 5.97 Å². The number of ether oxygens (including phenoxy) is 1. The molecular weight excluding hydrogens is 244 g/mol. The molecule has 5 nitrogen and oxygen atoms in total. The Morgan fingerprint density at radius 1 is 1.32 bits per heavy atom. The molecule has 0 aliphatic rings. The predicted molar refractivity (Wildman–Crippen MR) is 72.2 cm³/mol. The van der Waals surface area contributed by atoms with Gasteiger partial charge in [-0.3, -0.25) is 4.79 Å². The molecule has 1 aromatic carbocycles. The van der Waals surface area contributed by atoms with Crippen LogP contribution in [0.25, 0.3) is 0 Å². The van der Waals surface area contributed by atoms with E-state index >= 15 is 0 Å². The molecule has 0 fully saturated rings. The lowest BCUT2D eigenvalue weighted by Gasteiger charge is -2.19. The van der Waals surface area contributed by atoms with Crippen LogP contribution < -0.4 is 11.1 Å². The third-order valence-corrected chi connectivity index (χ3v) is 2.79. The smallest absolute Gasteiger partial charge is 0.333 e. The van der Waals surface area contributed by atoms with Crippen LogP contribution in [0.3, 0.4) is 0 Å². The highest BCUT2D eigenvalue weighted by molar-refractivity contribution is 5.88. The summed E-state index contributed by atoms with van der Waals surface area (Å²) in [4.78, 5) is 23.6. The van der Waals surface area contributed by atoms with Gasteiger partial charge in [0.05, 0.1) is 13.2 Å². The second-order valence-electron chi connectivity index (χ2n) is 4.27. The molecule has 1 rings (SSSR count). The molecule has 0 saturated carbocycles. The quantitative estimate of drug-likeness (QED) is 0.755. The van der Waals surface area contributed by atoms with E-state index in [1.165, 1.54) is 7.11 Å². The maximum Gasteiger partial charge on any atom is 0.333 e. The molecule has 0 saturated heterocycles. The molecule has 1 unspecified atom stereocenters. The van der Waals surface area contributed by atoms with Crippen molar-refractivity contribution in [3.63, 3.8) is 0 Å². The van der Waals surface area contributed by atoms with Gasteiger partial charge in [-0.05, 0) is 12.0 Å². The number of methoxy groups -OCH3 is 1. The van der Waals surface area contributed by atoms with E-state index in [-0.39, 0.29) is 5.91 Å². The molecule has 1 amide bonds. The summed E-state index contributed by atoms with van der Waals surface area (Å²) >= 11 is 0. The highest BCUT2D eigenvalue weighted by Crippen LogP contribution is 2.14. The van der Waals surface area contributed by atoms with E-state index in [2.05, 4.69) is 5.32 Å². The predicted octanol–water partition coefficient (Wildman–Crippen LogP) is 1.14. The molecule has 0 bridgehead atoms. The van der Waals surface area contributed by atoms with Gasteiger partial charge in [0, 0.05) is 0 Å². The molecule has 1 aromatic rings. The van der Waals surface area contributed by atoms with Crippen LogP contribution in [0.15, 0.2) is 30.3 Å². The van der Waals surface area contributed by atoms with Crippen LogP contribution in [0.5, 0.6) is 0 Å². The van der Waals surface area contributed by atoms with Gasteiger partial charge < -0.3 is 15.8 Å². The molecule has 5 heteroatoms. The first kappa shape index (κ1) is 15.2. The molecule has 0 heterocycles. The van der Waals surface area contributed by atoms with Crippen molar-refractivity contribution in [3.05, 3.63) is 35.9 Å². The Kier molecular flexibility index (Phi) is 6.02. The Balaban J connectivity index is 2.82. The number of rotatable bonds is 6. The van der Waals surface area contributed by atoms with E-state index in [0.717, 1.165) is 6.42 Å². The Bertz CT molecular complexity index is 420. The molecule has 0 aliphatic carbocycles. The van der Waals surface area contributed by atoms with Crippen LogP contribution >= 0.6 is 0 Å². The number of hydrogen-bond donors (Lipinski definition) is 2. The highest BCUT2D eigenvalue weighted by atomic mass is 16.5. The van der Waals surface area contributed by atoms with Crippen LogP contribution in [-0.2, 0) is 14.3 Å². The molecule has 2 atom stereocenters. The lowest BCUT2D eigenvalue weighted by atomic mass is 10.1. The Morgan fingerprint density at radius 2 is 1.95 bits per heavy atom. The Hall–Kier alpha value is -1.88. The number of nitrogens with two attached hydrogens (primary N) is 1. The van der Waals surface area contributed by atoms with Gasteiger partial charge in [-0.1, -0.05) is 43.7 Å². The maximum absolute atomic E-state index is 11.9. The van der Waals surface area contributed by atoms with Crippen LogP contribution in [0.2, 0.25) is 0 Å². The van der Waals surface area contributed by atoms with Crippen LogP contribution in [0.1, 0.15) is 31.4 Å². The largest absolute Gasteiger partial charge is 0.467 e. The van der Waals surface area contributed by atoms with Crippen molar-refractivity contribution in [1.82, 2.24) is 5.32 Å². The second-order valence-corrected chi connectivity index (χ2v) is 4.27. The fraction of sp³-hybridized carbons (Fsp3) is 0.429. The summed E-state index contributed by atoms with van der Waals surface area (Å²) in [5.41, 5.74) is 6.40. The normalized spacial score (nSPS) is 13.4. The van der Waals surface area contributed by atoms with E-state index < -0.39 is 18.1 Å². The summed E-state index contributed by atoms with van der Waals surface area (Å²) in [7, 11) is 1.29. The highest BCUT2D eigenvalue weighted by Gasteiger charge is 2.25. The van der Waals surface area contributed by atoms with Gasteiger partial charge in [0.15, 0.2) is 6.04 Å². The molecule has 104 valence electrons. The van der Waals surface area contributed by atoms with Crippen LogP contribution in [-0.4, -0.2) is 25.0 Å². The van der Waals surface area contributed by atoms with E-state index in [4.69, 9.17) is 10.5 Å². The topological polar surface area (TPSA) is 81.4 Å². The van der Waals surface area contributed by atoms with E-state index in [1.807, 2.05) is 13.0 Å². The van der Waals surface area contributed by atoms with Crippen molar-refractivity contribution in [2.45, 2.75) is 31.8 Å². The van der Waals surface area contributed by atoms with Gasteiger partial charge in [0.2, 0.25) is 5.91 Å². The monoisotopic (exact) mass is 264 g/mol. The van der Waals surface area contributed by atoms with Crippen LogP contribution in [0.4, 0.5) is 0 Å². The fourth-order valence-electron chi connectivity index (χ4n) is 1.73. The number of esters is 1. The summed E-state index contributed by atoms with van der Waals surface area (Å²) in [6.45, 7) is 1.95. The third kappa shape index (κ3) is 4.37. The first-order chi connectivity index (χ1) is 9.10. The number of carbonyl (C=O) groups is 2. The third-order valence-electron chi connectivity index (χ3n) is 2.79. The second kappa shape index (κ2) is 7.53. The average Bonchev–Trinajstić information content (AvgIpc) is 2.44. The lowest BCUT2D eigenvalue weighted by molar-refractivity contribution is -0.145. The zero-order valence-electron chi connectivity index (χ0n) is 11.3. The minimum absolute atomic E-state index is 0.346. The minimum Gasteiger partial charge on any atom is -0.467 e. The first-order valence-electron chi connectivity index (χ1n) is 6.28. The van der Waals surface area contributed by atoms with Crippen LogP contribution in [0, 0.1) is 0 Å². The lowest BCUT2D eigenvalue weighted by Crippen LogP contribution is -2.44. The fourth-order valence-corrected chi connectivity index (χ4v) is 1.73. The first-order valence-corrected chi connectivity index (χ1v) is 6.28. The van der Waals surface area contributed by atoms with Crippen molar-refractivity contribution < 1.29 is 14.3 Å². The zero-order valence-corrected chi connectivity index (χ0v) is 11.3. The minimum atomic E-state index is -0.818. The van der Waals surface area contributed by atoms with Crippen molar-refractivity contribution in [2.24, 2.45) is 5.73 Å². The number of amides is 1. The average molecular weight is 264 g/mol. The van der Waals surface area contributed by atoms with Gasteiger partial charge in [0.25, 0.3) is 0 Å². The number of carbonyl (C=O) groups excluding carboxylic acids is 2. The van der Waals surface area contributed by atoms with Crippen molar-refractivity contribution in [1.29, 1.82) is 0 Å². The van der Waals surface area contributed by atoms with Crippen molar-refractivity contribution in [2.75, 3.05) is 7.11 Å². The molecule has 0 aliphatic heterocycles. The zero-order chi connectivity index (χ0) is 14.3. The van der Waals surface area contributed by atoms with Gasteiger partial charge in [-0.25, -0.2) is 4.79 Å². The molecule has 3 N–H and O–H groups in total. The standard InChI is InChI=1S/C14H20N2O3/c1-3-7-11(15)13(17)16-12(14(18)19-2)10-8-5-4-6-9-10/h4-6,8-9,11-12H,3,7,15H2,1-2H3,(H,16,17)/t11-,12?/m0/s1.